The predicted octanol–water partition coefficient (Wildman–Crippen LogP) is 4.26. The number of carbonyl (C=O) groups excluding carboxylic acids is 2. The molecule has 4 aromatic rings. The van der Waals surface area contributed by atoms with Gasteiger partial charge < -0.3 is 15.2 Å². The van der Waals surface area contributed by atoms with Crippen LogP contribution in [0.1, 0.15) is 44.3 Å². The van der Waals surface area contributed by atoms with Crippen molar-refractivity contribution in [2.75, 3.05) is 0 Å². The van der Waals surface area contributed by atoms with Crippen LogP contribution in [0.15, 0.2) is 72.8 Å². The Labute approximate surface area is 186 Å². The molecule has 0 radical (unpaired) electrons. The molecule has 3 aromatic carbocycles. The smallest absolute Gasteiger partial charge is 0.255 e. The molecule has 2 aliphatic heterocycles. The van der Waals surface area contributed by atoms with Crippen LogP contribution in [0.5, 0.6) is 0 Å². The molecular weight excluding hydrogens is 398 g/mol. The van der Waals surface area contributed by atoms with Crippen molar-refractivity contribution in [2.24, 2.45) is 0 Å². The zero-order chi connectivity index (χ0) is 21.8. The number of aromatic amines is 1. The van der Waals surface area contributed by atoms with Crippen molar-refractivity contribution in [1.29, 1.82) is 0 Å². The largest absolute Gasteiger partial charge is 0.356 e. The summed E-state index contributed by atoms with van der Waals surface area (Å²) in [5.74, 6) is -0.196. The van der Waals surface area contributed by atoms with Crippen LogP contribution < -0.4 is 5.32 Å². The van der Waals surface area contributed by atoms with E-state index in [1.807, 2.05) is 73.7 Å². The highest BCUT2D eigenvalue weighted by atomic mass is 16.2. The molecule has 2 N–H and O–H groups in total. The molecule has 6 rings (SSSR count). The first-order valence-corrected chi connectivity index (χ1v) is 11.0. The van der Waals surface area contributed by atoms with Crippen molar-refractivity contribution >= 4 is 22.7 Å². The maximum absolute atomic E-state index is 13.4. The number of amides is 2. The Bertz CT molecular complexity index is 1370. The van der Waals surface area contributed by atoms with Crippen LogP contribution in [-0.4, -0.2) is 27.7 Å². The third-order valence-corrected chi connectivity index (χ3v) is 6.74. The summed E-state index contributed by atoms with van der Waals surface area (Å²) < 4.78 is 0. The van der Waals surface area contributed by atoms with Crippen LogP contribution >= 0.6 is 0 Å². The Morgan fingerprint density at radius 3 is 2.62 bits per heavy atom. The van der Waals surface area contributed by atoms with Crippen LogP contribution in [0.2, 0.25) is 0 Å². The van der Waals surface area contributed by atoms with Crippen LogP contribution in [0, 0.1) is 6.92 Å². The maximum atomic E-state index is 13.4. The molecule has 0 aliphatic carbocycles. The quantitative estimate of drug-likeness (QED) is 0.519. The number of aryl methyl sites for hydroxylation is 1. The van der Waals surface area contributed by atoms with Gasteiger partial charge in [0.2, 0.25) is 5.91 Å². The number of nitrogens with one attached hydrogen (secondary N) is 2. The van der Waals surface area contributed by atoms with Gasteiger partial charge in [0.05, 0.1) is 6.04 Å². The molecule has 0 saturated heterocycles. The number of rotatable bonds is 3. The van der Waals surface area contributed by atoms with Crippen LogP contribution in [0.4, 0.5) is 0 Å². The van der Waals surface area contributed by atoms with Gasteiger partial charge in [-0.3, -0.25) is 9.59 Å². The van der Waals surface area contributed by atoms with Gasteiger partial charge in [0.1, 0.15) is 6.04 Å². The second kappa shape index (κ2) is 7.09. The molecule has 1 aromatic heterocycles. The lowest BCUT2D eigenvalue weighted by molar-refractivity contribution is -0.126. The first-order valence-electron chi connectivity index (χ1n) is 11.0. The van der Waals surface area contributed by atoms with Crippen LogP contribution in [-0.2, 0) is 17.8 Å². The van der Waals surface area contributed by atoms with Crippen LogP contribution in [0.25, 0.3) is 10.9 Å². The van der Waals surface area contributed by atoms with Crippen LogP contribution in [0.3, 0.4) is 0 Å². The highest BCUT2D eigenvalue weighted by molar-refractivity contribution is 6.03. The summed E-state index contributed by atoms with van der Waals surface area (Å²) in [5.41, 5.74) is 7.05. The van der Waals surface area contributed by atoms with E-state index in [2.05, 4.69) is 16.4 Å². The maximum Gasteiger partial charge on any atom is 0.255 e. The van der Waals surface area contributed by atoms with E-state index in [-0.39, 0.29) is 17.9 Å². The van der Waals surface area contributed by atoms with E-state index < -0.39 is 6.04 Å². The topological polar surface area (TPSA) is 65.2 Å². The van der Waals surface area contributed by atoms with E-state index in [9.17, 15) is 9.59 Å². The number of aromatic nitrogens is 1. The lowest BCUT2D eigenvalue weighted by Gasteiger charge is -2.37. The summed E-state index contributed by atoms with van der Waals surface area (Å²) in [4.78, 5) is 32.2. The number of hydrogen-bond acceptors (Lipinski definition) is 2. The molecule has 158 valence electrons. The van der Waals surface area contributed by atoms with E-state index in [1.165, 1.54) is 5.56 Å². The Morgan fingerprint density at radius 2 is 1.78 bits per heavy atom. The molecule has 2 aliphatic rings. The second-order valence-corrected chi connectivity index (χ2v) is 8.69. The highest BCUT2D eigenvalue weighted by Gasteiger charge is 2.48. The molecule has 32 heavy (non-hydrogen) atoms. The molecule has 0 bridgehead atoms. The van der Waals surface area contributed by atoms with Gasteiger partial charge in [-0.05, 0) is 35.7 Å². The Kier molecular flexibility index (Phi) is 4.18. The zero-order valence-corrected chi connectivity index (χ0v) is 17.8. The van der Waals surface area contributed by atoms with Gasteiger partial charge in [-0.15, -0.1) is 0 Å². The fourth-order valence-corrected chi connectivity index (χ4v) is 5.15. The number of nitrogens with zero attached hydrogens (tertiary/aromatic N) is 1. The minimum absolute atomic E-state index is 0.0783. The SMILES string of the molecule is Cc1ccc(CNC(=O)[C@@H]2Cc3c([nH]c4ccccc34)C3c4ccccc4C(=O)N32)cc1. The predicted molar refractivity (Wildman–Crippen MR) is 123 cm³/mol. The standard InChI is InChI=1S/C27H23N3O2/c1-16-10-12-17(13-11-16)15-28-26(31)23-14-21-18-6-4-5-9-22(18)29-24(21)25-19-7-2-3-8-20(19)27(32)30(23)25/h2-13,23,25,29H,14-15H2,1H3,(H,28,31)/t23-,25?/m0/s1. The van der Waals surface area contributed by atoms with Gasteiger partial charge in [0.25, 0.3) is 5.91 Å². The summed E-state index contributed by atoms with van der Waals surface area (Å²) in [6, 6.07) is 23.1. The monoisotopic (exact) mass is 421 g/mol. The van der Waals surface area contributed by atoms with Crippen molar-refractivity contribution in [3.05, 3.63) is 106 Å². The third-order valence-electron chi connectivity index (χ3n) is 6.74. The second-order valence-electron chi connectivity index (χ2n) is 8.69. The Morgan fingerprint density at radius 1 is 1.03 bits per heavy atom. The lowest BCUT2D eigenvalue weighted by atomic mass is 9.90. The number of fused-ring (bicyclic) bond motifs is 7. The van der Waals surface area contributed by atoms with E-state index >= 15 is 0 Å². The number of benzene rings is 3. The summed E-state index contributed by atoms with van der Waals surface area (Å²) in [6.07, 6.45) is 0.495. The minimum Gasteiger partial charge on any atom is -0.356 e. The summed E-state index contributed by atoms with van der Waals surface area (Å²) >= 11 is 0. The van der Waals surface area contributed by atoms with Gasteiger partial charge in [0, 0.05) is 35.1 Å². The van der Waals surface area contributed by atoms with Crippen molar-refractivity contribution in [3.63, 3.8) is 0 Å². The van der Waals surface area contributed by atoms with Gasteiger partial charge in [-0.1, -0.05) is 66.2 Å². The van der Waals surface area contributed by atoms with Crippen molar-refractivity contribution < 1.29 is 9.59 Å². The normalized spacial score (nSPS) is 18.9. The van der Waals surface area contributed by atoms with E-state index in [0.29, 0.717) is 18.5 Å². The average molecular weight is 422 g/mol. The van der Waals surface area contributed by atoms with Crippen molar-refractivity contribution in [2.45, 2.75) is 32.0 Å². The molecule has 2 atom stereocenters. The van der Waals surface area contributed by atoms with E-state index in [4.69, 9.17) is 0 Å². The van der Waals surface area contributed by atoms with Crippen molar-refractivity contribution in [1.82, 2.24) is 15.2 Å². The summed E-state index contributed by atoms with van der Waals surface area (Å²) in [7, 11) is 0. The molecule has 5 nitrogen and oxygen atoms in total. The first-order chi connectivity index (χ1) is 15.6. The Balaban J connectivity index is 1.41. The Hall–Kier alpha value is -3.86. The van der Waals surface area contributed by atoms with Gasteiger partial charge in [0.15, 0.2) is 0 Å². The lowest BCUT2D eigenvalue weighted by Crippen LogP contribution is -2.52. The van der Waals surface area contributed by atoms with Crippen molar-refractivity contribution in [3.8, 4) is 0 Å². The molecule has 5 heteroatoms. The number of para-hydroxylation sites is 1. The zero-order valence-electron chi connectivity index (χ0n) is 17.8. The molecule has 0 saturated carbocycles. The fourth-order valence-electron chi connectivity index (χ4n) is 5.15. The number of carbonyl (C=O) groups is 2. The molecular formula is C27H23N3O2. The molecule has 3 heterocycles. The molecule has 0 fully saturated rings. The fraction of sp³-hybridized carbons (Fsp3) is 0.185. The average Bonchev–Trinajstić information content (AvgIpc) is 3.34. The van der Waals surface area contributed by atoms with Gasteiger partial charge >= 0.3 is 0 Å². The summed E-state index contributed by atoms with van der Waals surface area (Å²) in [6.45, 7) is 2.48. The third kappa shape index (κ3) is 2.78. The highest BCUT2D eigenvalue weighted by Crippen LogP contribution is 2.46. The summed E-state index contributed by atoms with van der Waals surface area (Å²) in [5, 5.41) is 4.20. The first kappa shape index (κ1) is 18.9. The van der Waals surface area contributed by atoms with E-state index in [1.54, 1.807) is 4.90 Å². The molecule has 0 spiro atoms. The number of hydrogen-bond donors (Lipinski definition) is 2. The van der Waals surface area contributed by atoms with Gasteiger partial charge in [-0.25, -0.2) is 0 Å². The molecule has 2 amide bonds. The van der Waals surface area contributed by atoms with Gasteiger partial charge in [-0.2, -0.15) is 0 Å². The molecule has 1 unspecified atom stereocenters. The minimum atomic E-state index is -0.558. The van der Waals surface area contributed by atoms with E-state index in [0.717, 1.165) is 33.3 Å². The number of H-pyrrole nitrogens is 1.